The molecule has 1 saturated heterocycles. The summed E-state index contributed by atoms with van der Waals surface area (Å²) in [7, 11) is 0. The Hall–Kier alpha value is -3.15. The quantitative estimate of drug-likeness (QED) is 0.843. The van der Waals surface area contributed by atoms with Crippen molar-refractivity contribution in [1.29, 1.82) is 0 Å². The third-order valence-electron chi connectivity index (χ3n) is 4.54. The number of rotatable bonds is 3. The van der Waals surface area contributed by atoms with E-state index in [2.05, 4.69) is 5.32 Å². The lowest BCUT2D eigenvalue weighted by molar-refractivity contribution is -0.127. The van der Waals surface area contributed by atoms with E-state index in [0.717, 1.165) is 11.1 Å². The van der Waals surface area contributed by atoms with Crippen LogP contribution in [-0.2, 0) is 4.79 Å². The molecule has 1 heterocycles. The van der Waals surface area contributed by atoms with E-state index in [-0.39, 0.29) is 17.8 Å². The van der Waals surface area contributed by atoms with Gasteiger partial charge in [0.25, 0.3) is 0 Å². The molecule has 0 spiro atoms. The Balaban J connectivity index is 1.53. The van der Waals surface area contributed by atoms with Gasteiger partial charge in [-0.05, 0) is 42.3 Å². The van der Waals surface area contributed by atoms with Crippen molar-refractivity contribution in [3.63, 3.8) is 0 Å². The van der Waals surface area contributed by atoms with Crippen molar-refractivity contribution in [2.24, 2.45) is 0 Å². The molecule has 6 heteroatoms. The van der Waals surface area contributed by atoms with Crippen molar-refractivity contribution in [1.82, 2.24) is 9.80 Å². The molecule has 0 unspecified atom stereocenters. The molecule has 0 saturated carbocycles. The predicted molar refractivity (Wildman–Crippen MR) is 104 cm³/mol. The molecule has 1 aliphatic rings. The van der Waals surface area contributed by atoms with Crippen molar-refractivity contribution in [2.75, 3.05) is 31.5 Å². The number of anilines is 1. The number of piperazine rings is 1. The lowest BCUT2D eigenvalue weighted by Gasteiger charge is -2.34. The summed E-state index contributed by atoms with van der Waals surface area (Å²) in [5.74, 6) is -0.395. The summed E-state index contributed by atoms with van der Waals surface area (Å²) in [6.07, 6.45) is 1.64. The Labute approximate surface area is 158 Å². The van der Waals surface area contributed by atoms with E-state index in [4.69, 9.17) is 0 Å². The van der Waals surface area contributed by atoms with Gasteiger partial charge < -0.3 is 15.1 Å². The molecule has 140 valence electrons. The summed E-state index contributed by atoms with van der Waals surface area (Å²) < 4.78 is 12.9. The van der Waals surface area contributed by atoms with Gasteiger partial charge in [-0.2, -0.15) is 0 Å². The van der Waals surface area contributed by atoms with E-state index in [9.17, 15) is 14.0 Å². The topological polar surface area (TPSA) is 52.7 Å². The van der Waals surface area contributed by atoms with E-state index < -0.39 is 0 Å². The number of nitrogens with zero attached hydrogens (tertiary/aromatic N) is 2. The number of carbonyl (C=O) groups excluding carboxylic acids is 2. The van der Waals surface area contributed by atoms with Crippen LogP contribution >= 0.6 is 0 Å². The molecule has 0 bridgehead atoms. The molecule has 3 amide bonds. The summed E-state index contributed by atoms with van der Waals surface area (Å²) in [5.41, 5.74) is 2.47. The molecule has 1 N–H and O–H groups in total. The Bertz CT molecular complexity index is 826. The maximum atomic E-state index is 12.9. The van der Waals surface area contributed by atoms with E-state index in [1.54, 1.807) is 15.9 Å². The van der Waals surface area contributed by atoms with Crippen LogP contribution in [0.2, 0.25) is 0 Å². The van der Waals surface area contributed by atoms with Gasteiger partial charge >= 0.3 is 6.03 Å². The lowest BCUT2D eigenvalue weighted by Crippen LogP contribution is -2.51. The van der Waals surface area contributed by atoms with Crippen molar-refractivity contribution in [3.05, 3.63) is 72.1 Å². The number of carbonyl (C=O) groups is 2. The summed E-state index contributed by atoms with van der Waals surface area (Å²) in [6, 6.07) is 15.1. The van der Waals surface area contributed by atoms with Crippen molar-refractivity contribution in [3.8, 4) is 0 Å². The average molecular weight is 367 g/mol. The highest BCUT2D eigenvalue weighted by molar-refractivity contribution is 5.95. The van der Waals surface area contributed by atoms with E-state index in [1.807, 2.05) is 37.3 Å². The van der Waals surface area contributed by atoms with Crippen LogP contribution in [0.1, 0.15) is 12.5 Å². The first kappa shape index (κ1) is 18.6. The highest BCUT2D eigenvalue weighted by atomic mass is 19.1. The van der Waals surface area contributed by atoms with Crippen LogP contribution in [-0.4, -0.2) is 47.9 Å². The van der Waals surface area contributed by atoms with Gasteiger partial charge in [0.15, 0.2) is 0 Å². The molecule has 27 heavy (non-hydrogen) atoms. The summed E-state index contributed by atoms with van der Waals surface area (Å²) >= 11 is 0. The number of allylic oxidation sites excluding steroid dienone is 1. The zero-order chi connectivity index (χ0) is 19.2. The molecule has 1 aliphatic heterocycles. The number of urea groups is 1. The third kappa shape index (κ3) is 4.94. The molecule has 1 fully saturated rings. The molecule has 5 nitrogen and oxygen atoms in total. The standard InChI is InChI=1S/C21H22FN3O2/c1-16(17-5-3-2-4-6-17)15-20(26)24-11-13-25(14-12-24)21(27)23-19-9-7-18(22)8-10-19/h2-10,15H,11-14H2,1H3,(H,23,27)/b16-15+. The number of hydrogen-bond donors (Lipinski definition) is 1. The highest BCUT2D eigenvalue weighted by Gasteiger charge is 2.23. The van der Waals surface area contributed by atoms with E-state index in [1.165, 1.54) is 24.3 Å². The average Bonchev–Trinajstić information content (AvgIpc) is 2.70. The fourth-order valence-electron chi connectivity index (χ4n) is 2.93. The first-order chi connectivity index (χ1) is 13.0. The zero-order valence-corrected chi connectivity index (χ0v) is 15.2. The van der Waals surface area contributed by atoms with Gasteiger partial charge in [0.1, 0.15) is 5.82 Å². The number of hydrogen-bond acceptors (Lipinski definition) is 2. The molecular formula is C21H22FN3O2. The van der Waals surface area contributed by atoms with Gasteiger partial charge in [-0.1, -0.05) is 30.3 Å². The molecular weight excluding hydrogens is 345 g/mol. The first-order valence-electron chi connectivity index (χ1n) is 8.87. The highest BCUT2D eigenvalue weighted by Crippen LogP contribution is 2.15. The van der Waals surface area contributed by atoms with Crippen LogP contribution in [0.3, 0.4) is 0 Å². The fourth-order valence-corrected chi connectivity index (χ4v) is 2.93. The van der Waals surface area contributed by atoms with Crippen LogP contribution in [0.15, 0.2) is 60.7 Å². The van der Waals surface area contributed by atoms with Gasteiger partial charge in [0, 0.05) is 37.9 Å². The molecule has 0 aliphatic carbocycles. The largest absolute Gasteiger partial charge is 0.336 e. The number of amides is 3. The summed E-state index contributed by atoms with van der Waals surface area (Å²) in [4.78, 5) is 28.2. The molecule has 0 atom stereocenters. The van der Waals surface area contributed by atoms with Crippen LogP contribution in [0.5, 0.6) is 0 Å². The Morgan fingerprint density at radius 1 is 0.926 bits per heavy atom. The third-order valence-corrected chi connectivity index (χ3v) is 4.54. The second-order valence-electron chi connectivity index (χ2n) is 6.44. The second-order valence-corrected chi connectivity index (χ2v) is 6.44. The fraction of sp³-hybridized carbons (Fsp3) is 0.238. The SMILES string of the molecule is C/C(=C\C(=O)N1CCN(C(=O)Nc2ccc(F)cc2)CC1)c1ccccc1. The van der Waals surface area contributed by atoms with E-state index >= 15 is 0 Å². The molecule has 2 aromatic rings. The zero-order valence-electron chi connectivity index (χ0n) is 15.2. The van der Waals surface area contributed by atoms with Gasteiger partial charge in [0.2, 0.25) is 5.91 Å². The Morgan fingerprint density at radius 2 is 1.52 bits per heavy atom. The molecule has 3 rings (SSSR count). The normalized spacial score (nSPS) is 14.8. The number of halogens is 1. The smallest absolute Gasteiger partial charge is 0.321 e. The Kier molecular flexibility index (Phi) is 5.86. The molecule has 0 aromatic heterocycles. The minimum atomic E-state index is -0.348. The lowest BCUT2D eigenvalue weighted by atomic mass is 10.1. The van der Waals surface area contributed by atoms with Crippen molar-refractivity contribution < 1.29 is 14.0 Å². The van der Waals surface area contributed by atoms with Crippen LogP contribution < -0.4 is 5.32 Å². The summed E-state index contributed by atoms with van der Waals surface area (Å²) in [6.45, 7) is 3.79. The van der Waals surface area contributed by atoms with Crippen LogP contribution in [0, 0.1) is 5.82 Å². The molecule has 2 aromatic carbocycles. The van der Waals surface area contributed by atoms with Gasteiger partial charge in [0.05, 0.1) is 0 Å². The minimum absolute atomic E-state index is 0.0463. The Morgan fingerprint density at radius 3 is 2.15 bits per heavy atom. The van der Waals surface area contributed by atoms with Gasteiger partial charge in [-0.25, -0.2) is 9.18 Å². The second kappa shape index (κ2) is 8.49. The van der Waals surface area contributed by atoms with Gasteiger partial charge in [-0.3, -0.25) is 4.79 Å². The maximum absolute atomic E-state index is 12.9. The number of nitrogens with one attached hydrogen (secondary N) is 1. The maximum Gasteiger partial charge on any atom is 0.321 e. The first-order valence-corrected chi connectivity index (χ1v) is 8.87. The minimum Gasteiger partial charge on any atom is -0.336 e. The van der Waals surface area contributed by atoms with Crippen LogP contribution in [0.25, 0.3) is 5.57 Å². The predicted octanol–water partition coefficient (Wildman–Crippen LogP) is 3.61. The molecule has 0 radical (unpaired) electrons. The van der Waals surface area contributed by atoms with Crippen molar-refractivity contribution >= 4 is 23.2 Å². The summed E-state index contributed by atoms with van der Waals surface area (Å²) in [5, 5.41) is 2.74. The van der Waals surface area contributed by atoms with Crippen molar-refractivity contribution in [2.45, 2.75) is 6.92 Å². The number of benzene rings is 2. The van der Waals surface area contributed by atoms with E-state index in [0.29, 0.717) is 31.9 Å². The monoisotopic (exact) mass is 367 g/mol. The van der Waals surface area contributed by atoms with Gasteiger partial charge in [-0.15, -0.1) is 0 Å². The van der Waals surface area contributed by atoms with Crippen LogP contribution in [0.4, 0.5) is 14.9 Å².